The van der Waals surface area contributed by atoms with Crippen molar-refractivity contribution in [1.29, 1.82) is 5.26 Å². The van der Waals surface area contributed by atoms with Crippen LogP contribution in [0.5, 0.6) is 0 Å². The molecule has 1 fully saturated rings. The van der Waals surface area contributed by atoms with E-state index in [4.69, 9.17) is 10.4 Å². The molecule has 0 saturated carbocycles. The molecule has 2 rings (SSSR count). The molecule has 1 aliphatic heterocycles. The van der Waals surface area contributed by atoms with Crippen LogP contribution in [0.4, 0.5) is 5.69 Å². The van der Waals surface area contributed by atoms with Gasteiger partial charge in [0.1, 0.15) is 6.07 Å². The molecule has 96 valence electrons. The lowest BCUT2D eigenvalue weighted by Gasteiger charge is -2.40. The van der Waals surface area contributed by atoms with Crippen LogP contribution in [0.15, 0.2) is 24.3 Å². The Bertz CT molecular complexity index is 441. The third-order valence-electron chi connectivity index (χ3n) is 3.60. The van der Waals surface area contributed by atoms with Gasteiger partial charge in [-0.25, -0.2) is 0 Å². The van der Waals surface area contributed by atoms with Gasteiger partial charge in [0.2, 0.25) is 0 Å². The van der Waals surface area contributed by atoms with Crippen molar-refractivity contribution in [1.82, 2.24) is 4.90 Å². The first-order chi connectivity index (χ1) is 8.76. The van der Waals surface area contributed by atoms with E-state index in [9.17, 15) is 0 Å². The van der Waals surface area contributed by atoms with Gasteiger partial charge in [0, 0.05) is 32.3 Å². The van der Waals surface area contributed by atoms with E-state index in [1.54, 1.807) is 0 Å². The Kier molecular flexibility index (Phi) is 4.19. The lowest BCUT2D eigenvalue weighted by Crippen LogP contribution is -2.52. The monoisotopic (exact) mass is 245 g/mol. The molecular formula is C14H19N3O. The predicted octanol–water partition coefficient (Wildman–Crippen LogP) is 1.06. The topological polar surface area (TPSA) is 50.5 Å². The van der Waals surface area contributed by atoms with Crippen molar-refractivity contribution < 1.29 is 5.11 Å². The summed E-state index contributed by atoms with van der Waals surface area (Å²) in [5.41, 5.74) is 1.74. The molecule has 4 nitrogen and oxygen atoms in total. The summed E-state index contributed by atoms with van der Waals surface area (Å²) in [7, 11) is 2.09. The molecule has 0 amide bonds. The van der Waals surface area contributed by atoms with E-state index in [1.807, 2.05) is 24.3 Å². The first-order valence-corrected chi connectivity index (χ1v) is 6.31. The predicted molar refractivity (Wildman–Crippen MR) is 71.5 cm³/mol. The molecule has 0 radical (unpaired) electrons. The van der Waals surface area contributed by atoms with Crippen molar-refractivity contribution in [3.05, 3.63) is 29.8 Å². The van der Waals surface area contributed by atoms with Gasteiger partial charge in [0.05, 0.1) is 11.3 Å². The molecule has 1 unspecified atom stereocenters. The molecule has 0 spiro atoms. The van der Waals surface area contributed by atoms with Gasteiger partial charge in [-0.3, -0.25) is 4.90 Å². The molecule has 1 heterocycles. The largest absolute Gasteiger partial charge is 0.396 e. The summed E-state index contributed by atoms with van der Waals surface area (Å²) in [6, 6.07) is 10.3. The summed E-state index contributed by atoms with van der Waals surface area (Å²) in [6.07, 6.45) is 0.779. The first-order valence-electron chi connectivity index (χ1n) is 6.31. The standard InChI is InChI=1S/C14H19N3O/c1-16-7-8-17(11-13(16)6-9-18)14-5-3-2-4-12(14)10-15/h2-5,13,18H,6-9,11H2,1H3. The lowest BCUT2D eigenvalue weighted by molar-refractivity contribution is 0.171. The minimum atomic E-state index is 0.211. The van der Waals surface area contributed by atoms with E-state index < -0.39 is 0 Å². The second-order valence-electron chi connectivity index (χ2n) is 4.72. The second-order valence-corrected chi connectivity index (χ2v) is 4.72. The summed E-state index contributed by atoms with van der Waals surface area (Å²) in [5, 5.41) is 18.2. The zero-order valence-electron chi connectivity index (χ0n) is 10.7. The fourth-order valence-electron chi connectivity index (χ4n) is 2.47. The van der Waals surface area contributed by atoms with Gasteiger partial charge < -0.3 is 10.0 Å². The summed E-state index contributed by atoms with van der Waals surface area (Å²) < 4.78 is 0. The summed E-state index contributed by atoms with van der Waals surface area (Å²) in [6.45, 7) is 2.97. The Hall–Kier alpha value is -1.57. The van der Waals surface area contributed by atoms with Crippen LogP contribution in [0.25, 0.3) is 0 Å². The quantitative estimate of drug-likeness (QED) is 0.865. The van der Waals surface area contributed by atoms with E-state index in [0.717, 1.165) is 37.3 Å². The summed E-state index contributed by atoms with van der Waals surface area (Å²) >= 11 is 0. The molecule has 1 N–H and O–H groups in total. The van der Waals surface area contributed by atoms with Crippen molar-refractivity contribution >= 4 is 5.69 Å². The van der Waals surface area contributed by atoms with Crippen molar-refractivity contribution in [2.75, 3.05) is 38.2 Å². The van der Waals surface area contributed by atoms with Crippen molar-refractivity contribution in [3.63, 3.8) is 0 Å². The summed E-state index contributed by atoms with van der Waals surface area (Å²) in [5.74, 6) is 0. The zero-order chi connectivity index (χ0) is 13.0. The number of nitrogens with zero attached hydrogens (tertiary/aromatic N) is 3. The Balaban J connectivity index is 2.16. The molecule has 0 aliphatic carbocycles. The Morgan fingerprint density at radius 2 is 2.17 bits per heavy atom. The fourth-order valence-corrected chi connectivity index (χ4v) is 2.47. The van der Waals surface area contributed by atoms with Crippen LogP contribution in [0, 0.1) is 11.3 Å². The highest BCUT2D eigenvalue weighted by molar-refractivity contribution is 5.59. The van der Waals surface area contributed by atoms with E-state index in [1.165, 1.54) is 0 Å². The first kappa shape index (κ1) is 12.9. The van der Waals surface area contributed by atoms with Gasteiger partial charge >= 0.3 is 0 Å². The number of para-hydroxylation sites is 1. The van der Waals surface area contributed by atoms with Gasteiger partial charge in [0.25, 0.3) is 0 Å². The van der Waals surface area contributed by atoms with Crippen LogP contribution in [-0.4, -0.2) is 49.3 Å². The number of aliphatic hydroxyl groups is 1. The molecule has 1 aromatic rings. The smallest absolute Gasteiger partial charge is 0.101 e. The maximum absolute atomic E-state index is 9.14. The number of hydrogen-bond acceptors (Lipinski definition) is 4. The molecular weight excluding hydrogens is 226 g/mol. The van der Waals surface area contributed by atoms with E-state index in [-0.39, 0.29) is 6.61 Å². The van der Waals surface area contributed by atoms with Crippen molar-refractivity contribution in [2.45, 2.75) is 12.5 Å². The van der Waals surface area contributed by atoms with Gasteiger partial charge in [-0.05, 0) is 25.6 Å². The normalized spacial score (nSPS) is 20.7. The molecule has 0 bridgehead atoms. The third kappa shape index (κ3) is 2.63. The highest BCUT2D eigenvalue weighted by Gasteiger charge is 2.24. The Morgan fingerprint density at radius 3 is 2.89 bits per heavy atom. The zero-order valence-corrected chi connectivity index (χ0v) is 10.7. The molecule has 0 aromatic heterocycles. The van der Waals surface area contributed by atoms with Crippen LogP contribution < -0.4 is 4.90 Å². The van der Waals surface area contributed by atoms with Crippen LogP contribution in [0.1, 0.15) is 12.0 Å². The SMILES string of the molecule is CN1CCN(c2ccccc2C#N)CC1CCO. The van der Waals surface area contributed by atoms with Crippen LogP contribution >= 0.6 is 0 Å². The number of rotatable bonds is 3. The van der Waals surface area contributed by atoms with E-state index in [2.05, 4.69) is 22.9 Å². The van der Waals surface area contributed by atoms with Gasteiger partial charge in [0.15, 0.2) is 0 Å². The minimum absolute atomic E-state index is 0.211. The highest BCUT2D eigenvalue weighted by Crippen LogP contribution is 2.23. The number of likely N-dealkylation sites (N-methyl/N-ethyl adjacent to an activating group) is 1. The van der Waals surface area contributed by atoms with Crippen LogP contribution in [-0.2, 0) is 0 Å². The number of anilines is 1. The van der Waals surface area contributed by atoms with Crippen molar-refractivity contribution in [2.24, 2.45) is 0 Å². The maximum Gasteiger partial charge on any atom is 0.101 e. The molecule has 1 aromatic carbocycles. The number of aliphatic hydroxyl groups excluding tert-OH is 1. The number of benzene rings is 1. The lowest BCUT2D eigenvalue weighted by atomic mass is 10.1. The van der Waals surface area contributed by atoms with Gasteiger partial charge in [-0.1, -0.05) is 12.1 Å². The highest BCUT2D eigenvalue weighted by atomic mass is 16.3. The van der Waals surface area contributed by atoms with E-state index >= 15 is 0 Å². The van der Waals surface area contributed by atoms with E-state index in [0.29, 0.717) is 6.04 Å². The third-order valence-corrected chi connectivity index (χ3v) is 3.60. The van der Waals surface area contributed by atoms with Crippen LogP contribution in [0.2, 0.25) is 0 Å². The molecule has 1 aliphatic rings. The molecule has 18 heavy (non-hydrogen) atoms. The fraction of sp³-hybridized carbons (Fsp3) is 0.500. The van der Waals surface area contributed by atoms with Gasteiger partial charge in [-0.2, -0.15) is 5.26 Å². The number of nitriles is 1. The number of hydrogen-bond donors (Lipinski definition) is 1. The maximum atomic E-state index is 9.14. The number of piperazine rings is 1. The average Bonchev–Trinajstić information content (AvgIpc) is 2.41. The molecule has 4 heteroatoms. The second kappa shape index (κ2) is 5.85. The van der Waals surface area contributed by atoms with Crippen LogP contribution in [0.3, 0.4) is 0 Å². The average molecular weight is 245 g/mol. The minimum Gasteiger partial charge on any atom is -0.396 e. The van der Waals surface area contributed by atoms with Gasteiger partial charge in [-0.15, -0.1) is 0 Å². The summed E-state index contributed by atoms with van der Waals surface area (Å²) in [4.78, 5) is 4.53. The Morgan fingerprint density at radius 1 is 1.39 bits per heavy atom. The molecule has 1 atom stereocenters. The Labute approximate surface area is 108 Å². The molecule has 1 saturated heterocycles. The van der Waals surface area contributed by atoms with Crippen molar-refractivity contribution in [3.8, 4) is 6.07 Å².